The topological polar surface area (TPSA) is 119 Å². The van der Waals surface area contributed by atoms with Gasteiger partial charge in [0.15, 0.2) is 0 Å². The molecule has 1 saturated heterocycles. The molecular weight excluding hydrogens is 377 g/mol. The molecule has 2 aromatic carbocycles. The van der Waals surface area contributed by atoms with Gasteiger partial charge in [0.1, 0.15) is 11.9 Å². The largest absolute Gasteiger partial charge is 0.669 e. The molecule has 2 heterocycles. The molecule has 0 aromatic heterocycles. The summed E-state index contributed by atoms with van der Waals surface area (Å²) in [6.07, 6.45) is 0.185. The molecule has 0 radical (unpaired) electrons. The maximum Gasteiger partial charge on any atom is 0.430 e. The van der Waals surface area contributed by atoms with E-state index in [2.05, 4.69) is 0 Å². The van der Waals surface area contributed by atoms with E-state index in [0.29, 0.717) is 25.1 Å². The first-order valence-electron chi connectivity index (χ1n) is 9.47. The predicted octanol–water partition coefficient (Wildman–Crippen LogP) is -0.259. The zero-order chi connectivity index (χ0) is 20.6. The summed E-state index contributed by atoms with van der Waals surface area (Å²) in [6.45, 7) is -2.44. The number of hydrogen-bond donors (Lipinski definition) is 2. The Balaban J connectivity index is 1.43. The summed E-state index contributed by atoms with van der Waals surface area (Å²) in [5.74, 6) is -1.66. The number of carbonyl (C=O) groups excluding carboxylic acids is 2. The normalized spacial score (nSPS) is 17.7. The average molecular weight is 397 g/mol. The van der Waals surface area contributed by atoms with Gasteiger partial charge >= 0.3 is 6.75 Å². The van der Waals surface area contributed by atoms with E-state index in [4.69, 9.17) is 9.39 Å². The first kappa shape index (κ1) is 19.3. The maximum absolute atomic E-state index is 12.3. The Labute approximate surface area is 167 Å². The third kappa shape index (κ3) is 4.06. The number of likely N-dealkylation sites (tertiary alicyclic amines) is 1. The smallest absolute Gasteiger partial charge is 0.430 e. The monoisotopic (exact) mass is 397 g/mol. The minimum Gasteiger partial charge on any atom is -0.669 e. The van der Waals surface area contributed by atoms with Gasteiger partial charge in [0.05, 0.1) is 36.8 Å². The Morgan fingerprint density at radius 2 is 1.90 bits per heavy atom. The fourth-order valence-electron chi connectivity index (χ4n) is 3.60. The number of aromatic carboxylic acids is 1. The third-order valence-electron chi connectivity index (χ3n) is 5.19. The molecule has 2 aliphatic heterocycles. The highest BCUT2D eigenvalue weighted by molar-refractivity contribution is 6.59. The van der Waals surface area contributed by atoms with E-state index in [1.165, 1.54) is 6.07 Å². The van der Waals surface area contributed by atoms with Crippen LogP contribution < -0.4 is 14.5 Å². The molecule has 8 nitrogen and oxygen atoms in total. The third-order valence-corrected chi connectivity index (χ3v) is 5.19. The second-order valence-electron chi connectivity index (χ2n) is 7.43. The molecule has 2 aliphatic rings. The molecule has 0 saturated carbocycles. The Hall–Kier alpha value is -3.04. The molecule has 0 unspecified atom stereocenters. The van der Waals surface area contributed by atoms with Gasteiger partial charge in [-0.3, -0.25) is 4.79 Å². The van der Waals surface area contributed by atoms with E-state index in [-0.39, 0.29) is 41.8 Å². The summed E-state index contributed by atoms with van der Waals surface area (Å²) in [5.41, 5.74) is 1.13. The first-order chi connectivity index (χ1) is 13.8. The van der Waals surface area contributed by atoms with Gasteiger partial charge in [-0.15, -0.1) is 0 Å². The van der Waals surface area contributed by atoms with Crippen LogP contribution in [0.2, 0.25) is 6.32 Å². The molecule has 0 spiro atoms. The number of ether oxygens (including phenoxy) is 1. The number of fused-ring (bicyclic) bond motifs is 1. The second-order valence-corrected chi connectivity index (χ2v) is 7.43. The van der Waals surface area contributed by atoms with Crippen molar-refractivity contribution in [3.05, 3.63) is 59.2 Å². The highest BCUT2D eigenvalue weighted by Gasteiger charge is 2.35. The minimum atomic E-state index is -3.11. The zero-order valence-electron chi connectivity index (χ0n) is 15.6. The highest BCUT2D eigenvalue weighted by Crippen LogP contribution is 2.38. The van der Waals surface area contributed by atoms with Crippen LogP contribution in [0.5, 0.6) is 11.5 Å². The van der Waals surface area contributed by atoms with Gasteiger partial charge < -0.3 is 34.2 Å². The van der Waals surface area contributed by atoms with Crippen molar-refractivity contribution in [3.63, 3.8) is 0 Å². The standard InChI is InChI=1S/C20H21BNO7/c23-17(10-13-4-2-1-3-5-13)22-11-15(12-22)28-16-7-6-14-8-9-21(26,27)29-19(14)18(16)20(24)25/h1-7,15,26-27H,8-12H2,(H,24,25)/q-1/p-1. The number of aryl methyl sites for hydroxylation is 1. The molecule has 2 N–H and O–H groups in total. The van der Waals surface area contributed by atoms with Crippen molar-refractivity contribution in [2.45, 2.75) is 25.3 Å². The zero-order valence-corrected chi connectivity index (χ0v) is 15.6. The predicted molar refractivity (Wildman–Crippen MR) is 101 cm³/mol. The van der Waals surface area contributed by atoms with Gasteiger partial charge in [0.2, 0.25) is 5.91 Å². The lowest BCUT2D eigenvalue weighted by atomic mass is 9.70. The van der Waals surface area contributed by atoms with Crippen LogP contribution in [-0.2, 0) is 17.6 Å². The van der Waals surface area contributed by atoms with E-state index < -0.39 is 12.7 Å². The van der Waals surface area contributed by atoms with E-state index in [1.807, 2.05) is 30.3 Å². The Morgan fingerprint density at radius 1 is 1.17 bits per heavy atom. The average Bonchev–Trinajstić information content (AvgIpc) is 2.63. The van der Waals surface area contributed by atoms with E-state index in [1.54, 1.807) is 11.0 Å². The fraction of sp³-hybridized carbons (Fsp3) is 0.300. The van der Waals surface area contributed by atoms with Gasteiger partial charge in [-0.25, -0.2) is 0 Å². The van der Waals surface area contributed by atoms with Crippen molar-refractivity contribution in [2.24, 2.45) is 0 Å². The molecule has 2 aromatic rings. The molecule has 9 heteroatoms. The number of carboxylic acids is 1. The quantitative estimate of drug-likeness (QED) is 0.668. The summed E-state index contributed by atoms with van der Waals surface area (Å²) >= 11 is 0. The molecule has 152 valence electrons. The summed E-state index contributed by atoms with van der Waals surface area (Å²) < 4.78 is 10.9. The molecule has 1 fully saturated rings. The van der Waals surface area contributed by atoms with Gasteiger partial charge in [-0.1, -0.05) is 42.7 Å². The van der Waals surface area contributed by atoms with Crippen LogP contribution in [-0.4, -0.2) is 52.8 Å². The number of nitrogens with zero attached hydrogens (tertiary/aromatic N) is 1. The second kappa shape index (κ2) is 7.42. The van der Waals surface area contributed by atoms with Crippen molar-refractivity contribution in [1.82, 2.24) is 4.90 Å². The van der Waals surface area contributed by atoms with Crippen molar-refractivity contribution >= 4 is 18.6 Å². The number of amides is 1. The number of rotatable bonds is 5. The van der Waals surface area contributed by atoms with Gasteiger partial charge in [0.25, 0.3) is 0 Å². The highest BCUT2D eigenvalue weighted by atomic mass is 16.6. The fourth-order valence-corrected chi connectivity index (χ4v) is 3.60. The maximum atomic E-state index is 12.3. The van der Waals surface area contributed by atoms with Crippen molar-refractivity contribution in [1.29, 1.82) is 0 Å². The summed E-state index contributed by atoms with van der Waals surface area (Å²) in [4.78, 5) is 25.6. The first-order valence-corrected chi connectivity index (χ1v) is 9.47. The SMILES string of the molecule is O=C([O-])c1c(OC2CN(C(=O)Cc3ccccc3)C2)ccc2c1O[B-](O)(O)CC2. The molecule has 1 amide bonds. The van der Waals surface area contributed by atoms with Crippen LogP contribution in [0.3, 0.4) is 0 Å². The summed E-state index contributed by atoms with van der Waals surface area (Å²) in [6, 6.07) is 12.6. The van der Waals surface area contributed by atoms with Gasteiger partial charge in [0, 0.05) is 0 Å². The van der Waals surface area contributed by atoms with Crippen LogP contribution in [0.1, 0.15) is 21.5 Å². The molecule has 0 atom stereocenters. The summed E-state index contributed by atoms with van der Waals surface area (Å²) in [5, 5.41) is 31.2. The number of benzene rings is 2. The Kier molecular flexibility index (Phi) is 4.93. The lowest BCUT2D eigenvalue weighted by Crippen LogP contribution is -2.56. The molecule has 0 aliphatic carbocycles. The molecule has 0 bridgehead atoms. The van der Waals surface area contributed by atoms with Crippen LogP contribution in [0.15, 0.2) is 42.5 Å². The minimum absolute atomic E-state index is 0.0131. The van der Waals surface area contributed by atoms with Crippen LogP contribution in [0, 0.1) is 0 Å². The van der Waals surface area contributed by atoms with Crippen LogP contribution in [0.4, 0.5) is 0 Å². The molecular formula is C20H20BNO7-2. The molecule has 4 rings (SSSR count). The lowest BCUT2D eigenvalue weighted by Gasteiger charge is -2.41. The van der Waals surface area contributed by atoms with Crippen molar-refractivity contribution in [3.8, 4) is 11.5 Å². The van der Waals surface area contributed by atoms with Crippen LogP contribution in [0.25, 0.3) is 0 Å². The Bertz CT molecular complexity index is 941. The number of carboxylic acid groups (broad SMARTS) is 1. The van der Waals surface area contributed by atoms with E-state index >= 15 is 0 Å². The number of carbonyl (C=O) groups is 2. The summed E-state index contributed by atoms with van der Waals surface area (Å²) in [7, 11) is 0. The van der Waals surface area contributed by atoms with Crippen molar-refractivity contribution < 1.29 is 34.1 Å². The van der Waals surface area contributed by atoms with Gasteiger partial charge in [-0.2, -0.15) is 0 Å². The number of hydrogen-bond acceptors (Lipinski definition) is 7. The van der Waals surface area contributed by atoms with Crippen LogP contribution >= 0.6 is 0 Å². The Morgan fingerprint density at radius 3 is 2.59 bits per heavy atom. The van der Waals surface area contributed by atoms with E-state index in [0.717, 1.165) is 5.56 Å². The lowest BCUT2D eigenvalue weighted by molar-refractivity contribution is -0.255. The van der Waals surface area contributed by atoms with E-state index in [9.17, 15) is 24.7 Å². The van der Waals surface area contributed by atoms with Crippen molar-refractivity contribution in [2.75, 3.05) is 13.1 Å². The van der Waals surface area contributed by atoms with Gasteiger partial charge in [-0.05, 0) is 23.6 Å². The molecule has 29 heavy (non-hydrogen) atoms.